The Bertz CT molecular complexity index is 1480. The summed E-state index contributed by atoms with van der Waals surface area (Å²) in [5.41, 5.74) is 5.10. The lowest BCUT2D eigenvalue weighted by atomic mass is 9.52. The largest absolute Gasteiger partial charge is 0.481 e. The van der Waals surface area contributed by atoms with E-state index in [4.69, 9.17) is 4.74 Å². The van der Waals surface area contributed by atoms with Crippen molar-refractivity contribution in [1.82, 2.24) is 0 Å². The highest BCUT2D eigenvalue weighted by Gasteiger charge is 2.59. The molecule has 4 aromatic carbocycles. The lowest BCUT2D eigenvalue weighted by Crippen LogP contribution is -2.52. The highest BCUT2D eigenvalue weighted by Crippen LogP contribution is 2.58. The summed E-state index contributed by atoms with van der Waals surface area (Å²) in [5.74, 6) is -3.43. The number of esters is 1. The highest BCUT2D eigenvalue weighted by molar-refractivity contribution is 6.00. The standard InChI is InChI=1S/C32H25NO5/c34-26-18-23-15-14-22(17-25(23)33-26)21-12-7-13-24(16-21)38-32(37)30-27(19-8-3-1-4-9-19)29(31(35)36)28(30)20-10-5-2-6-11-20/h1-17,27-30H,18H2,(H,33,34)(H,35,36)/t27-,28?,29-,30?/m0/s1. The summed E-state index contributed by atoms with van der Waals surface area (Å²) in [4.78, 5) is 37.8. The van der Waals surface area contributed by atoms with Gasteiger partial charge in [-0.05, 0) is 46.0 Å². The maximum atomic E-state index is 13.7. The Morgan fingerprint density at radius 1 is 0.737 bits per heavy atom. The van der Waals surface area contributed by atoms with E-state index in [2.05, 4.69) is 5.32 Å². The summed E-state index contributed by atoms with van der Waals surface area (Å²) >= 11 is 0. The van der Waals surface area contributed by atoms with Crippen molar-refractivity contribution in [2.24, 2.45) is 11.8 Å². The summed E-state index contributed by atoms with van der Waals surface area (Å²) in [5, 5.41) is 13.0. The molecule has 0 aromatic heterocycles. The summed E-state index contributed by atoms with van der Waals surface area (Å²) in [6, 6.07) is 31.7. The molecule has 6 nitrogen and oxygen atoms in total. The van der Waals surface area contributed by atoms with Gasteiger partial charge in [0.1, 0.15) is 5.75 Å². The van der Waals surface area contributed by atoms with E-state index < -0.39 is 35.6 Å². The van der Waals surface area contributed by atoms with E-state index in [1.54, 1.807) is 12.1 Å². The molecule has 4 aromatic rings. The number of hydrogen-bond donors (Lipinski definition) is 2. The second-order valence-electron chi connectivity index (χ2n) is 9.81. The number of fused-ring (bicyclic) bond motifs is 1. The van der Waals surface area contributed by atoms with Crippen LogP contribution in [0.2, 0.25) is 0 Å². The van der Waals surface area contributed by atoms with Crippen molar-refractivity contribution in [2.45, 2.75) is 18.3 Å². The van der Waals surface area contributed by atoms with Gasteiger partial charge in [0.05, 0.1) is 18.3 Å². The summed E-state index contributed by atoms with van der Waals surface area (Å²) in [6.45, 7) is 0. The van der Waals surface area contributed by atoms with Gasteiger partial charge < -0.3 is 15.2 Å². The van der Waals surface area contributed by atoms with Crippen molar-refractivity contribution in [3.8, 4) is 16.9 Å². The number of carbonyl (C=O) groups excluding carboxylic acids is 2. The van der Waals surface area contributed by atoms with Crippen LogP contribution in [0.5, 0.6) is 5.75 Å². The number of anilines is 1. The van der Waals surface area contributed by atoms with Crippen LogP contribution >= 0.6 is 0 Å². The third-order valence-corrected chi connectivity index (χ3v) is 7.59. The van der Waals surface area contributed by atoms with Gasteiger partial charge in [0.2, 0.25) is 5.91 Å². The van der Waals surface area contributed by atoms with Gasteiger partial charge in [0, 0.05) is 17.5 Å². The molecule has 6 rings (SSSR count). The highest BCUT2D eigenvalue weighted by atomic mass is 16.5. The fraction of sp³-hybridized carbons (Fsp3) is 0.156. The zero-order valence-corrected chi connectivity index (χ0v) is 20.4. The number of amides is 1. The number of benzene rings is 4. The van der Waals surface area contributed by atoms with Crippen LogP contribution in [0.4, 0.5) is 5.69 Å². The zero-order chi connectivity index (χ0) is 26.2. The van der Waals surface area contributed by atoms with Crippen LogP contribution in [0.15, 0.2) is 103 Å². The van der Waals surface area contributed by atoms with Gasteiger partial charge in [-0.1, -0.05) is 84.9 Å². The van der Waals surface area contributed by atoms with E-state index in [-0.39, 0.29) is 5.91 Å². The minimum Gasteiger partial charge on any atom is -0.481 e. The van der Waals surface area contributed by atoms with E-state index in [9.17, 15) is 19.5 Å². The second kappa shape index (κ2) is 9.63. The molecule has 1 saturated carbocycles. The Morgan fingerprint density at radius 3 is 2.00 bits per heavy atom. The monoisotopic (exact) mass is 503 g/mol. The van der Waals surface area contributed by atoms with Gasteiger partial charge in [0.15, 0.2) is 0 Å². The van der Waals surface area contributed by atoms with Gasteiger partial charge >= 0.3 is 11.9 Å². The Balaban J connectivity index is 1.31. The molecule has 1 amide bonds. The molecular weight excluding hydrogens is 478 g/mol. The number of nitrogens with one attached hydrogen (secondary N) is 1. The molecule has 0 bridgehead atoms. The van der Waals surface area contributed by atoms with E-state index in [1.807, 2.05) is 91.0 Å². The van der Waals surface area contributed by atoms with Crippen LogP contribution in [-0.4, -0.2) is 23.0 Å². The third kappa shape index (κ3) is 4.24. The topological polar surface area (TPSA) is 92.7 Å². The maximum absolute atomic E-state index is 13.7. The first-order valence-corrected chi connectivity index (χ1v) is 12.6. The number of carboxylic acids is 1. The number of carboxylic acid groups (broad SMARTS) is 1. The zero-order valence-electron chi connectivity index (χ0n) is 20.4. The van der Waals surface area contributed by atoms with E-state index in [0.717, 1.165) is 33.5 Å². The van der Waals surface area contributed by atoms with Crippen molar-refractivity contribution in [1.29, 1.82) is 0 Å². The van der Waals surface area contributed by atoms with Gasteiger partial charge in [-0.2, -0.15) is 0 Å². The molecule has 1 aliphatic carbocycles. The fourth-order valence-corrected chi connectivity index (χ4v) is 5.85. The van der Waals surface area contributed by atoms with Gasteiger partial charge in [-0.15, -0.1) is 0 Å². The summed E-state index contributed by atoms with van der Waals surface area (Å²) in [7, 11) is 0. The molecular formula is C32H25NO5. The Labute approximate surface area is 219 Å². The molecule has 0 radical (unpaired) electrons. The van der Waals surface area contributed by atoms with Crippen molar-refractivity contribution < 1.29 is 24.2 Å². The van der Waals surface area contributed by atoms with Crippen LogP contribution in [0.25, 0.3) is 11.1 Å². The second-order valence-corrected chi connectivity index (χ2v) is 9.81. The number of hydrogen-bond acceptors (Lipinski definition) is 4. The van der Waals surface area contributed by atoms with Crippen molar-refractivity contribution in [3.05, 3.63) is 120 Å². The molecule has 1 aliphatic heterocycles. The number of ether oxygens (including phenoxy) is 1. The fourth-order valence-electron chi connectivity index (χ4n) is 5.85. The van der Waals surface area contributed by atoms with Crippen molar-refractivity contribution in [3.63, 3.8) is 0 Å². The molecule has 6 heteroatoms. The normalized spacial score (nSPS) is 21.6. The average Bonchev–Trinajstić information content (AvgIpc) is 3.28. The molecule has 38 heavy (non-hydrogen) atoms. The Morgan fingerprint density at radius 2 is 1.37 bits per heavy atom. The smallest absolute Gasteiger partial charge is 0.315 e. The van der Waals surface area contributed by atoms with Crippen LogP contribution in [0, 0.1) is 11.8 Å². The van der Waals surface area contributed by atoms with Crippen LogP contribution < -0.4 is 10.1 Å². The van der Waals surface area contributed by atoms with Crippen LogP contribution in [0.3, 0.4) is 0 Å². The number of aliphatic carboxylic acids is 1. The van der Waals surface area contributed by atoms with Crippen LogP contribution in [-0.2, 0) is 20.8 Å². The molecule has 2 N–H and O–H groups in total. The van der Waals surface area contributed by atoms with Gasteiger partial charge in [0.25, 0.3) is 0 Å². The van der Waals surface area contributed by atoms with Gasteiger partial charge in [-0.3, -0.25) is 14.4 Å². The molecule has 1 heterocycles. The minimum absolute atomic E-state index is 0.0269. The molecule has 0 spiro atoms. The first-order chi connectivity index (χ1) is 18.5. The quantitative estimate of drug-likeness (QED) is 0.262. The van der Waals surface area contributed by atoms with E-state index in [0.29, 0.717) is 12.2 Å². The first-order valence-electron chi connectivity index (χ1n) is 12.6. The predicted molar refractivity (Wildman–Crippen MR) is 143 cm³/mol. The van der Waals surface area contributed by atoms with Crippen molar-refractivity contribution >= 4 is 23.5 Å². The molecule has 0 saturated heterocycles. The maximum Gasteiger partial charge on any atom is 0.315 e. The first kappa shape index (κ1) is 23.7. The predicted octanol–water partition coefficient (Wildman–Crippen LogP) is 5.65. The Hall–Kier alpha value is -4.71. The number of rotatable bonds is 6. The van der Waals surface area contributed by atoms with E-state index in [1.165, 1.54) is 0 Å². The Kier molecular flexibility index (Phi) is 6.00. The molecule has 4 atom stereocenters. The molecule has 2 unspecified atom stereocenters. The van der Waals surface area contributed by atoms with Gasteiger partial charge in [-0.25, -0.2) is 0 Å². The van der Waals surface area contributed by atoms with Crippen LogP contribution in [0.1, 0.15) is 28.5 Å². The molecule has 1 fully saturated rings. The third-order valence-electron chi connectivity index (χ3n) is 7.59. The summed E-state index contributed by atoms with van der Waals surface area (Å²) < 4.78 is 5.92. The van der Waals surface area contributed by atoms with Crippen molar-refractivity contribution in [2.75, 3.05) is 5.32 Å². The lowest BCUT2D eigenvalue weighted by molar-refractivity contribution is -0.158. The molecule has 188 valence electrons. The SMILES string of the molecule is O=C1Cc2ccc(-c3cccc(OC(=O)C4C(c5ccccc5)[C@@H](C(=O)O)[C@@H]4c4ccccc4)c3)cc2N1. The lowest BCUT2D eigenvalue weighted by Gasteiger charge is -2.48. The van der Waals surface area contributed by atoms with E-state index >= 15 is 0 Å². The molecule has 2 aliphatic rings. The minimum atomic E-state index is -0.928. The average molecular weight is 504 g/mol. The number of carbonyl (C=O) groups is 3. The summed E-state index contributed by atoms with van der Waals surface area (Å²) in [6.07, 6.45) is 0.372.